The molecule has 0 radical (unpaired) electrons. The van der Waals surface area contributed by atoms with Gasteiger partial charge in [0.25, 0.3) is 0 Å². The fraction of sp³-hybridized carbons (Fsp3) is 0.476. The number of benzene rings is 1. The molecule has 1 aliphatic rings. The van der Waals surface area contributed by atoms with Gasteiger partial charge < -0.3 is 0 Å². The highest BCUT2D eigenvalue weighted by Gasteiger charge is 2.30. The Hall–Kier alpha value is -1.92. The Labute approximate surface area is 162 Å². The fourth-order valence-corrected chi connectivity index (χ4v) is 4.71. The van der Waals surface area contributed by atoms with Crippen LogP contribution in [0.5, 0.6) is 0 Å². The van der Waals surface area contributed by atoms with Gasteiger partial charge in [-0.2, -0.15) is 5.10 Å². The highest BCUT2D eigenvalue weighted by molar-refractivity contribution is 7.89. The number of rotatable bonds is 6. The minimum Gasteiger partial charge on any atom is -0.239 e. The SMILES string of the molecule is CC(C)(C)c1nn(-c2ccccc2)cc1S(=O)(=O)NCCC1=CCCCC1. The Bertz CT molecular complexity index is 907. The van der Waals surface area contributed by atoms with Crippen molar-refractivity contribution in [3.8, 4) is 5.69 Å². The van der Waals surface area contributed by atoms with Gasteiger partial charge in [0, 0.05) is 12.0 Å². The van der Waals surface area contributed by atoms with Gasteiger partial charge in [0.05, 0.1) is 17.6 Å². The smallest absolute Gasteiger partial charge is 0.239 e. The molecule has 1 aliphatic carbocycles. The maximum absolute atomic E-state index is 13.0. The van der Waals surface area contributed by atoms with Crippen LogP contribution >= 0.6 is 0 Å². The van der Waals surface area contributed by atoms with Crippen molar-refractivity contribution in [1.82, 2.24) is 14.5 Å². The minimum absolute atomic E-state index is 0.261. The highest BCUT2D eigenvalue weighted by atomic mass is 32.2. The number of allylic oxidation sites excluding steroid dienone is 1. The third kappa shape index (κ3) is 4.87. The first kappa shape index (κ1) is 19.8. The highest BCUT2D eigenvalue weighted by Crippen LogP contribution is 2.29. The lowest BCUT2D eigenvalue weighted by Gasteiger charge is -2.18. The van der Waals surface area contributed by atoms with Crippen LogP contribution in [0.1, 0.15) is 58.6 Å². The molecule has 1 aromatic carbocycles. The third-order valence-corrected chi connectivity index (χ3v) is 6.29. The molecule has 0 saturated heterocycles. The first-order chi connectivity index (χ1) is 12.8. The lowest BCUT2D eigenvalue weighted by atomic mass is 9.92. The number of aromatic nitrogens is 2. The Balaban J connectivity index is 1.84. The van der Waals surface area contributed by atoms with E-state index >= 15 is 0 Å². The summed E-state index contributed by atoms with van der Waals surface area (Å²) >= 11 is 0. The molecule has 1 N–H and O–H groups in total. The van der Waals surface area contributed by atoms with Gasteiger partial charge in [0.15, 0.2) is 0 Å². The van der Waals surface area contributed by atoms with E-state index in [1.807, 2.05) is 51.1 Å². The van der Waals surface area contributed by atoms with Crippen LogP contribution in [0.2, 0.25) is 0 Å². The molecule has 0 bridgehead atoms. The van der Waals surface area contributed by atoms with E-state index in [0.29, 0.717) is 12.2 Å². The normalized spacial score (nSPS) is 15.6. The van der Waals surface area contributed by atoms with Crippen molar-refractivity contribution in [2.24, 2.45) is 0 Å². The third-order valence-electron chi connectivity index (χ3n) is 4.82. The molecule has 6 heteroatoms. The summed E-state index contributed by atoms with van der Waals surface area (Å²) in [5, 5.41) is 4.60. The molecule has 0 aliphatic heterocycles. The van der Waals surface area contributed by atoms with Crippen LogP contribution in [-0.2, 0) is 15.4 Å². The number of hydrogen-bond donors (Lipinski definition) is 1. The van der Waals surface area contributed by atoms with E-state index < -0.39 is 10.0 Å². The average Bonchev–Trinajstić information content (AvgIpc) is 3.10. The first-order valence-electron chi connectivity index (χ1n) is 9.60. The number of hydrogen-bond acceptors (Lipinski definition) is 3. The van der Waals surface area contributed by atoms with Crippen LogP contribution in [-0.4, -0.2) is 24.7 Å². The Morgan fingerprint density at radius 2 is 1.89 bits per heavy atom. The van der Waals surface area contributed by atoms with E-state index in [2.05, 4.69) is 15.9 Å². The number of nitrogens with one attached hydrogen (secondary N) is 1. The largest absolute Gasteiger partial charge is 0.244 e. The molecule has 1 heterocycles. The molecular weight excluding hydrogens is 358 g/mol. The predicted octanol–water partition coefficient (Wildman–Crippen LogP) is 4.34. The molecule has 146 valence electrons. The Morgan fingerprint density at radius 1 is 1.15 bits per heavy atom. The van der Waals surface area contributed by atoms with Gasteiger partial charge in [-0.15, -0.1) is 0 Å². The summed E-state index contributed by atoms with van der Waals surface area (Å²) in [5.41, 5.74) is 2.41. The van der Waals surface area contributed by atoms with E-state index in [9.17, 15) is 8.42 Å². The Kier molecular flexibility index (Phi) is 5.86. The molecule has 1 aromatic heterocycles. The molecule has 0 fully saturated rings. The lowest BCUT2D eigenvalue weighted by molar-refractivity contribution is 0.538. The molecule has 0 amide bonds. The average molecular weight is 388 g/mol. The van der Waals surface area contributed by atoms with Gasteiger partial charge in [-0.05, 0) is 44.2 Å². The van der Waals surface area contributed by atoms with Crippen molar-refractivity contribution in [1.29, 1.82) is 0 Å². The van der Waals surface area contributed by atoms with Crippen molar-refractivity contribution >= 4 is 10.0 Å². The van der Waals surface area contributed by atoms with Gasteiger partial charge in [-0.25, -0.2) is 17.8 Å². The van der Waals surface area contributed by atoms with Crippen LogP contribution < -0.4 is 4.72 Å². The van der Waals surface area contributed by atoms with E-state index in [1.54, 1.807) is 10.9 Å². The summed E-state index contributed by atoms with van der Waals surface area (Å²) in [4.78, 5) is 0.261. The molecule has 0 spiro atoms. The topological polar surface area (TPSA) is 64.0 Å². The van der Waals surface area contributed by atoms with Crippen LogP contribution in [0.3, 0.4) is 0 Å². The number of sulfonamides is 1. The predicted molar refractivity (Wildman–Crippen MR) is 109 cm³/mol. The molecular formula is C21H29N3O2S. The summed E-state index contributed by atoms with van der Waals surface area (Å²) in [6.45, 7) is 6.37. The first-order valence-corrected chi connectivity index (χ1v) is 11.1. The summed E-state index contributed by atoms with van der Waals surface area (Å²) in [6, 6.07) is 9.59. The zero-order chi connectivity index (χ0) is 19.5. The molecule has 0 atom stereocenters. The van der Waals surface area contributed by atoms with Crippen molar-refractivity contribution in [2.45, 2.75) is 63.2 Å². The fourth-order valence-electron chi connectivity index (χ4n) is 3.34. The van der Waals surface area contributed by atoms with Gasteiger partial charge in [0.2, 0.25) is 10.0 Å². The van der Waals surface area contributed by atoms with Crippen molar-refractivity contribution in [3.63, 3.8) is 0 Å². The summed E-state index contributed by atoms with van der Waals surface area (Å²) < 4.78 is 30.4. The zero-order valence-corrected chi connectivity index (χ0v) is 17.2. The van der Waals surface area contributed by atoms with E-state index in [1.165, 1.54) is 18.4 Å². The van der Waals surface area contributed by atoms with Gasteiger partial charge in [-0.3, -0.25) is 0 Å². The second-order valence-electron chi connectivity index (χ2n) is 8.13. The second-order valence-corrected chi connectivity index (χ2v) is 9.86. The standard InChI is InChI=1S/C21H29N3O2S/c1-21(2,3)20-19(16-24(23-20)18-12-8-5-9-13-18)27(25,26)22-15-14-17-10-6-4-7-11-17/h5,8-10,12-13,16,22H,4,6-7,11,14-15H2,1-3H3. The minimum atomic E-state index is -3.62. The van der Waals surface area contributed by atoms with E-state index in [-0.39, 0.29) is 10.3 Å². The number of nitrogens with zero attached hydrogens (tertiary/aromatic N) is 2. The van der Waals surface area contributed by atoms with Crippen molar-refractivity contribution in [3.05, 3.63) is 53.9 Å². The second kappa shape index (κ2) is 7.98. The monoisotopic (exact) mass is 387 g/mol. The summed E-state index contributed by atoms with van der Waals surface area (Å²) in [7, 11) is -3.62. The molecule has 2 aromatic rings. The van der Waals surface area contributed by atoms with Crippen LogP contribution in [0.4, 0.5) is 0 Å². The number of para-hydroxylation sites is 1. The van der Waals surface area contributed by atoms with Gasteiger partial charge in [0.1, 0.15) is 4.90 Å². The van der Waals surface area contributed by atoms with Crippen LogP contribution in [0.15, 0.2) is 53.1 Å². The van der Waals surface area contributed by atoms with Crippen LogP contribution in [0.25, 0.3) is 5.69 Å². The van der Waals surface area contributed by atoms with Crippen molar-refractivity contribution < 1.29 is 8.42 Å². The van der Waals surface area contributed by atoms with Gasteiger partial charge >= 0.3 is 0 Å². The molecule has 3 rings (SSSR count). The molecule has 0 unspecified atom stereocenters. The molecule has 27 heavy (non-hydrogen) atoms. The van der Waals surface area contributed by atoms with Gasteiger partial charge in [-0.1, -0.05) is 50.6 Å². The zero-order valence-electron chi connectivity index (χ0n) is 16.4. The quantitative estimate of drug-likeness (QED) is 0.750. The molecule has 5 nitrogen and oxygen atoms in total. The maximum atomic E-state index is 13.0. The van der Waals surface area contributed by atoms with E-state index in [0.717, 1.165) is 24.9 Å². The van der Waals surface area contributed by atoms with Crippen molar-refractivity contribution in [2.75, 3.05) is 6.54 Å². The van der Waals surface area contributed by atoms with E-state index in [4.69, 9.17) is 0 Å². The Morgan fingerprint density at radius 3 is 2.52 bits per heavy atom. The van der Waals surface area contributed by atoms with Crippen LogP contribution in [0, 0.1) is 0 Å². The summed E-state index contributed by atoms with van der Waals surface area (Å²) in [5.74, 6) is 0. The molecule has 0 saturated carbocycles. The summed E-state index contributed by atoms with van der Waals surface area (Å²) in [6.07, 6.45) is 9.29. The lowest BCUT2D eigenvalue weighted by Crippen LogP contribution is -2.27. The maximum Gasteiger partial charge on any atom is 0.244 e.